The van der Waals surface area contributed by atoms with Crippen LogP contribution < -0.4 is 5.73 Å². The Morgan fingerprint density at radius 3 is 2.44 bits per heavy atom. The van der Waals surface area contributed by atoms with Gasteiger partial charge in [-0.05, 0) is 92.6 Å². The van der Waals surface area contributed by atoms with E-state index in [0.29, 0.717) is 11.1 Å². The van der Waals surface area contributed by atoms with Crippen molar-refractivity contribution in [2.75, 3.05) is 6.61 Å². The van der Waals surface area contributed by atoms with Gasteiger partial charge in [0.15, 0.2) is 0 Å². The van der Waals surface area contributed by atoms with E-state index in [1.807, 2.05) is 50.2 Å². The second-order valence-electron chi connectivity index (χ2n) is 9.89. The highest BCUT2D eigenvalue weighted by Gasteiger charge is 2.25. The minimum Gasteiger partial charge on any atom is -0.507 e. The van der Waals surface area contributed by atoms with E-state index in [-0.39, 0.29) is 23.4 Å². The molecule has 5 heteroatoms. The van der Waals surface area contributed by atoms with Gasteiger partial charge in [0, 0.05) is 28.7 Å². The lowest BCUT2D eigenvalue weighted by molar-refractivity contribution is 0.407. The van der Waals surface area contributed by atoms with Gasteiger partial charge in [-0.15, -0.1) is 0 Å². The Bertz CT molecular complexity index is 1340. The zero-order valence-electron chi connectivity index (χ0n) is 21.6. The van der Waals surface area contributed by atoms with Crippen molar-refractivity contribution in [2.24, 2.45) is 5.73 Å². The maximum Gasteiger partial charge on any atom is 0.131 e. The second kappa shape index (κ2) is 10.6. The van der Waals surface area contributed by atoms with Gasteiger partial charge in [-0.1, -0.05) is 36.3 Å². The summed E-state index contributed by atoms with van der Waals surface area (Å²) in [6.07, 6.45) is 3.42. The summed E-state index contributed by atoms with van der Waals surface area (Å²) in [6, 6.07) is 15.4. The van der Waals surface area contributed by atoms with Gasteiger partial charge in [0.1, 0.15) is 17.3 Å². The number of epoxide rings is 1. The Labute approximate surface area is 213 Å². The van der Waals surface area contributed by atoms with Crippen LogP contribution in [0.25, 0.3) is 16.7 Å². The molecule has 5 nitrogen and oxygen atoms in total. The van der Waals surface area contributed by atoms with Gasteiger partial charge >= 0.3 is 0 Å². The molecule has 0 aliphatic carbocycles. The number of phenols is 2. The van der Waals surface area contributed by atoms with Crippen LogP contribution in [-0.4, -0.2) is 28.8 Å². The zero-order valence-corrected chi connectivity index (χ0v) is 21.6. The molecule has 1 fully saturated rings. The van der Waals surface area contributed by atoms with E-state index < -0.39 is 0 Å². The summed E-state index contributed by atoms with van der Waals surface area (Å²) in [5.74, 6) is 0.420. The van der Waals surface area contributed by atoms with Crippen LogP contribution in [0.5, 0.6) is 11.5 Å². The van der Waals surface area contributed by atoms with Crippen LogP contribution in [-0.2, 0) is 17.6 Å². The Kier molecular flexibility index (Phi) is 7.51. The van der Waals surface area contributed by atoms with Crippen LogP contribution in [0, 0.1) is 19.3 Å². The molecule has 3 aromatic rings. The van der Waals surface area contributed by atoms with Gasteiger partial charge in [0.2, 0.25) is 0 Å². The third-order valence-electron chi connectivity index (χ3n) is 7.15. The molecule has 0 bridgehead atoms. The number of rotatable bonds is 9. The molecule has 1 saturated heterocycles. The van der Waals surface area contributed by atoms with E-state index in [9.17, 15) is 10.2 Å². The van der Waals surface area contributed by atoms with Crippen molar-refractivity contribution in [1.82, 2.24) is 0 Å². The van der Waals surface area contributed by atoms with Crippen LogP contribution in [0.2, 0.25) is 0 Å². The molecule has 3 aromatic carbocycles. The maximum absolute atomic E-state index is 11.6. The first kappa shape index (κ1) is 25.5. The molecule has 4 rings (SSSR count). The van der Waals surface area contributed by atoms with Crippen LogP contribution in [0.4, 0.5) is 0 Å². The number of benzene rings is 3. The number of hydrogen-bond donors (Lipinski definition) is 4. The normalized spacial score (nSPS) is 15.5. The number of phenolic OH excluding ortho intramolecular Hbond substituents is 2. The molecule has 0 amide bonds. The van der Waals surface area contributed by atoms with E-state index in [2.05, 4.69) is 19.9 Å². The average Bonchev–Trinajstić information content (AvgIpc) is 3.66. The molecule has 1 heterocycles. The molecule has 0 saturated carbocycles. The molecule has 0 spiro atoms. The predicted molar refractivity (Wildman–Crippen MR) is 147 cm³/mol. The van der Waals surface area contributed by atoms with Crippen molar-refractivity contribution in [3.8, 4) is 22.6 Å². The summed E-state index contributed by atoms with van der Waals surface area (Å²) < 4.78 is 5.50. The molecule has 1 aliphatic rings. The van der Waals surface area contributed by atoms with Gasteiger partial charge in [0.05, 0.1) is 12.7 Å². The Balaban J connectivity index is 1.78. The van der Waals surface area contributed by atoms with E-state index in [4.69, 9.17) is 15.9 Å². The summed E-state index contributed by atoms with van der Waals surface area (Å²) in [5, 5.41) is 29.9. The lowest BCUT2D eigenvalue weighted by Gasteiger charge is -2.19. The van der Waals surface area contributed by atoms with Gasteiger partial charge in [-0.2, -0.15) is 0 Å². The standard InChI is InChI=1S/C31H36N2O3/c1-5-19(3)25(10-9-22-7-8-23(31(32)33)13-20(22)4)27-15-21(14-24-17-36-24)16-28(30(27)35)26-12-18(2)6-11-29(26)34/h6-8,11-13,15-16,24,34-35H,5,9-10,14,17H2,1-4H3,(H3,32,33)/b25-19+. The van der Waals surface area contributed by atoms with E-state index in [1.54, 1.807) is 6.07 Å². The number of allylic oxidation sites excluding steroid dienone is 2. The van der Waals surface area contributed by atoms with Crippen LogP contribution >= 0.6 is 0 Å². The molecule has 1 aliphatic heterocycles. The number of nitrogen functional groups attached to an aromatic ring is 1. The van der Waals surface area contributed by atoms with Gasteiger partial charge in [0.25, 0.3) is 0 Å². The van der Waals surface area contributed by atoms with Crippen molar-refractivity contribution in [2.45, 2.75) is 59.5 Å². The summed E-state index contributed by atoms with van der Waals surface area (Å²) in [6.45, 7) is 9.04. The lowest BCUT2D eigenvalue weighted by atomic mass is 9.87. The summed E-state index contributed by atoms with van der Waals surface area (Å²) >= 11 is 0. The first-order valence-electron chi connectivity index (χ1n) is 12.6. The fraction of sp³-hybridized carbons (Fsp3) is 0.323. The van der Waals surface area contributed by atoms with E-state index in [1.165, 1.54) is 11.1 Å². The van der Waals surface area contributed by atoms with Crippen LogP contribution in [0.15, 0.2) is 54.1 Å². The number of nitrogens with one attached hydrogen (secondary N) is 1. The second-order valence-corrected chi connectivity index (χ2v) is 9.89. The van der Waals surface area contributed by atoms with Gasteiger partial charge < -0.3 is 20.7 Å². The number of nitrogens with two attached hydrogens (primary N) is 1. The highest BCUT2D eigenvalue weighted by atomic mass is 16.6. The van der Waals surface area contributed by atoms with Crippen molar-refractivity contribution in [3.05, 3.63) is 87.5 Å². The largest absolute Gasteiger partial charge is 0.507 e. The van der Waals surface area contributed by atoms with Crippen molar-refractivity contribution >= 4 is 11.4 Å². The summed E-state index contributed by atoms with van der Waals surface area (Å²) in [4.78, 5) is 0. The maximum atomic E-state index is 11.6. The Morgan fingerprint density at radius 1 is 1.06 bits per heavy atom. The zero-order chi connectivity index (χ0) is 26.0. The minimum absolute atomic E-state index is 0.0698. The highest BCUT2D eigenvalue weighted by Crippen LogP contribution is 2.43. The van der Waals surface area contributed by atoms with Crippen molar-refractivity contribution in [1.29, 1.82) is 5.41 Å². The van der Waals surface area contributed by atoms with Gasteiger partial charge in [-0.25, -0.2) is 0 Å². The smallest absolute Gasteiger partial charge is 0.131 e. The first-order chi connectivity index (χ1) is 17.2. The number of hydrogen-bond acceptors (Lipinski definition) is 4. The number of amidine groups is 1. The average molecular weight is 485 g/mol. The van der Waals surface area contributed by atoms with Gasteiger partial charge in [-0.3, -0.25) is 5.41 Å². The topological polar surface area (TPSA) is 103 Å². The Morgan fingerprint density at radius 2 is 1.81 bits per heavy atom. The van der Waals surface area contributed by atoms with E-state index in [0.717, 1.165) is 65.7 Å². The third-order valence-corrected chi connectivity index (χ3v) is 7.15. The number of aromatic hydroxyl groups is 2. The fourth-order valence-corrected chi connectivity index (χ4v) is 4.76. The quantitative estimate of drug-likeness (QED) is 0.160. The predicted octanol–water partition coefficient (Wildman–Crippen LogP) is 6.42. The molecular formula is C31H36N2O3. The fourth-order valence-electron chi connectivity index (χ4n) is 4.76. The van der Waals surface area contributed by atoms with Crippen LogP contribution in [0.3, 0.4) is 0 Å². The molecule has 188 valence electrons. The molecule has 1 unspecified atom stereocenters. The number of ether oxygens (including phenoxy) is 1. The molecule has 0 aromatic heterocycles. The monoisotopic (exact) mass is 484 g/mol. The van der Waals surface area contributed by atoms with Crippen molar-refractivity contribution in [3.63, 3.8) is 0 Å². The molecule has 5 N–H and O–H groups in total. The lowest BCUT2D eigenvalue weighted by Crippen LogP contribution is -2.11. The van der Waals surface area contributed by atoms with Crippen molar-refractivity contribution < 1.29 is 14.9 Å². The van der Waals surface area contributed by atoms with E-state index >= 15 is 0 Å². The number of aryl methyl sites for hydroxylation is 3. The molecule has 1 atom stereocenters. The molecule has 0 radical (unpaired) electrons. The molecular weight excluding hydrogens is 448 g/mol. The Hall–Kier alpha value is -3.57. The summed E-state index contributed by atoms with van der Waals surface area (Å²) in [5.41, 5.74) is 15.2. The van der Waals surface area contributed by atoms with Crippen LogP contribution in [0.1, 0.15) is 60.1 Å². The SMILES string of the molecule is CC/C(C)=C(\CCc1ccc(C(=N)N)cc1C)c1cc(CC2CO2)cc(-c2cc(C)ccc2O)c1O. The minimum atomic E-state index is 0.0698. The summed E-state index contributed by atoms with van der Waals surface area (Å²) in [7, 11) is 0. The third kappa shape index (κ3) is 5.63. The molecule has 36 heavy (non-hydrogen) atoms. The first-order valence-corrected chi connectivity index (χ1v) is 12.6. The highest BCUT2D eigenvalue weighted by molar-refractivity contribution is 5.95.